The van der Waals surface area contributed by atoms with Crippen LogP contribution in [-0.2, 0) is 67.7 Å². The Kier molecular flexibility index (Phi) is 22.3. The van der Waals surface area contributed by atoms with Crippen LogP contribution in [0.3, 0.4) is 0 Å². The summed E-state index contributed by atoms with van der Waals surface area (Å²) < 4.78 is 16.4. The van der Waals surface area contributed by atoms with E-state index in [4.69, 9.17) is 14.2 Å². The third-order valence-electron chi connectivity index (χ3n) is 11.5. The van der Waals surface area contributed by atoms with Crippen molar-refractivity contribution in [1.29, 1.82) is 0 Å². The van der Waals surface area contributed by atoms with Gasteiger partial charge in [0.1, 0.15) is 37.9 Å². The number of nitrogens with zero attached hydrogens (tertiary/aromatic N) is 1. The SMILES string of the molecule is O=C(NC(Cc1ccccc1)C(=O)NCCN(CCNC(=O)C(Cc1ccccc1)NC(=O)OCc1ccccc1)CCNC(=O)C(Cc1ccccc1)NC(=O)OCc1ccccc1)OCc1ccccc1. The lowest BCUT2D eigenvalue weighted by molar-refractivity contribution is -0.123. The highest BCUT2D eigenvalue weighted by atomic mass is 16.6. The van der Waals surface area contributed by atoms with E-state index in [1.54, 1.807) is 0 Å². The molecule has 0 radical (unpaired) electrons. The van der Waals surface area contributed by atoms with Gasteiger partial charge in [-0.1, -0.05) is 182 Å². The van der Waals surface area contributed by atoms with E-state index < -0.39 is 54.1 Å². The maximum absolute atomic E-state index is 13.8. The third-order valence-corrected chi connectivity index (χ3v) is 11.5. The minimum Gasteiger partial charge on any atom is -0.445 e. The van der Waals surface area contributed by atoms with Crippen molar-refractivity contribution in [3.63, 3.8) is 0 Å². The molecule has 0 bridgehead atoms. The Morgan fingerprint density at radius 3 is 0.781 bits per heavy atom. The Bertz CT molecular complexity index is 2310. The first-order chi connectivity index (χ1) is 35.7. The summed E-state index contributed by atoms with van der Waals surface area (Å²) in [6.45, 7) is 1.26. The summed E-state index contributed by atoms with van der Waals surface area (Å²) in [7, 11) is 0. The molecule has 6 aromatic rings. The second-order valence-electron chi connectivity index (χ2n) is 17.1. The number of alkyl carbamates (subject to hydrolysis) is 3. The summed E-state index contributed by atoms with van der Waals surface area (Å²) >= 11 is 0. The van der Waals surface area contributed by atoms with Crippen LogP contribution in [-0.4, -0.2) is 98.3 Å². The summed E-state index contributed by atoms with van der Waals surface area (Å²) in [4.78, 5) is 82.4. The lowest BCUT2D eigenvalue weighted by atomic mass is 10.1. The Morgan fingerprint density at radius 1 is 0.329 bits per heavy atom. The molecule has 3 atom stereocenters. The second kappa shape index (κ2) is 30.3. The Balaban J connectivity index is 1.10. The molecule has 0 aromatic heterocycles. The van der Waals surface area contributed by atoms with Gasteiger partial charge in [-0.15, -0.1) is 0 Å². The van der Waals surface area contributed by atoms with E-state index in [1.807, 2.05) is 187 Å². The maximum Gasteiger partial charge on any atom is 0.408 e. The van der Waals surface area contributed by atoms with E-state index in [0.717, 1.165) is 33.4 Å². The van der Waals surface area contributed by atoms with E-state index in [1.165, 1.54) is 0 Å². The van der Waals surface area contributed by atoms with Crippen LogP contribution < -0.4 is 31.9 Å². The van der Waals surface area contributed by atoms with Crippen molar-refractivity contribution in [2.45, 2.75) is 57.2 Å². The first-order valence-electron chi connectivity index (χ1n) is 24.3. The van der Waals surface area contributed by atoms with Gasteiger partial charge in [-0.25, -0.2) is 14.4 Å². The zero-order valence-electron chi connectivity index (χ0n) is 40.7. The van der Waals surface area contributed by atoms with Crippen LogP contribution in [0.25, 0.3) is 0 Å². The van der Waals surface area contributed by atoms with Gasteiger partial charge in [0.2, 0.25) is 17.7 Å². The van der Waals surface area contributed by atoms with Crippen molar-refractivity contribution in [1.82, 2.24) is 36.8 Å². The highest BCUT2D eigenvalue weighted by molar-refractivity contribution is 5.87. The summed E-state index contributed by atoms with van der Waals surface area (Å²) in [5.74, 6) is -1.32. The molecule has 16 nitrogen and oxygen atoms in total. The summed E-state index contributed by atoms with van der Waals surface area (Å²) in [5.41, 5.74) is 4.86. The molecular formula is C57H63N7O9. The number of nitrogens with one attached hydrogen (secondary N) is 6. The van der Waals surface area contributed by atoms with Crippen molar-refractivity contribution in [3.05, 3.63) is 215 Å². The average molecular weight is 990 g/mol. The van der Waals surface area contributed by atoms with Crippen LogP contribution >= 0.6 is 0 Å². The summed E-state index contributed by atoms with van der Waals surface area (Å²) in [6.07, 6.45) is -1.65. The Labute approximate surface area is 426 Å². The van der Waals surface area contributed by atoms with Gasteiger partial charge in [0.05, 0.1) is 0 Å². The van der Waals surface area contributed by atoms with Gasteiger partial charge in [0.15, 0.2) is 0 Å². The Hall–Kier alpha value is -8.50. The minimum absolute atomic E-state index is 0.0250. The molecule has 3 unspecified atom stereocenters. The number of hydrogen-bond acceptors (Lipinski definition) is 10. The van der Waals surface area contributed by atoms with E-state index in [2.05, 4.69) is 31.9 Å². The second-order valence-corrected chi connectivity index (χ2v) is 17.1. The molecule has 0 aliphatic carbocycles. The fourth-order valence-electron chi connectivity index (χ4n) is 7.61. The van der Waals surface area contributed by atoms with Gasteiger partial charge >= 0.3 is 18.3 Å². The molecule has 6 N–H and O–H groups in total. The van der Waals surface area contributed by atoms with Gasteiger partial charge in [-0.3, -0.25) is 19.3 Å². The molecule has 0 spiro atoms. The van der Waals surface area contributed by atoms with Crippen molar-refractivity contribution in [2.24, 2.45) is 0 Å². The van der Waals surface area contributed by atoms with Crippen LogP contribution in [0.1, 0.15) is 33.4 Å². The van der Waals surface area contributed by atoms with Gasteiger partial charge in [0.25, 0.3) is 0 Å². The molecule has 0 fully saturated rings. The number of amides is 6. The van der Waals surface area contributed by atoms with Crippen LogP contribution in [0.4, 0.5) is 14.4 Å². The largest absolute Gasteiger partial charge is 0.445 e. The van der Waals surface area contributed by atoms with Gasteiger partial charge in [-0.05, 0) is 33.4 Å². The third kappa shape index (κ3) is 20.4. The Morgan fingerprint density at radius 2 is 0.548 bits per heavy atom. The maximum atomic E-state index is 13.8. The molecule has 6 rings (SSSR count). The highest BCUT2D eigenvalue weighted by Crippen LogP contribution is 2.09. The molecule has 380 valence electrons. The lowest BCUT2D eigenvalue weighted by Crippen LogP contribution is -2.52. The van der Waals surface area contributed by atoms with Crippen molar-refractivity contribution < 1.29 is 43.0 Å². The molecular weight excluding hydrogens is 927 g/mol. The molecule has 16 heteroatoms. The topological polar surface area (TPSA) is 206 Å². The summed E-state index contributed by atoms with van der Waals surface area (Å²) in [6, 6.07) is 52.6. The van der Waals surface area contributed by atoms with Crippen molar-refractivity contribution in [2.75, 3.05) is 39.3 Å². The van der Waals surface area contributed by atoms with Crippen LogP contribution in [0.15, 0.2) is 182 Å². The van der Waals surface area contributed by atoms with Crippen LogP contribution in [0, 0.1) is 0 Å². The van der Waals surface area contributed by atoms with Crippen LogP contribution in [0.2, 0.25) is 0 Å². The quantitative estimate of drug-likeness (QED) is 0.0320. The molecule has 0 heterocycles. The number of hydrogen-bond donors (Lipinski definition) is 6. The highest BCUT2D eigenvalue weighted by Gasteiger charge is 2.25. The molecule has 0 aliphatic heterocycles. The first kappa shape index (κ1) is 53.8. The van der Waals surface area contributed by atoms with Crippen molar-refractivity contribution in [3.8, 4) is 0 Å². The fraction of sp³-hybridized carbons (Fsp3) is 0.263. The van der Waals surface area contributed by atoms with E-state index in [9.17, 15) is 28.8 Å². The standard InChI is InChI=1S/C57H63N7O9/c65-52(49(37-43-19-7-1-8-20-43)61-55(68)71-40-46-25-13-4-14-26-46)58-31-34-64(35-32-59-53(66)50(38-44-21-9-2-10-22-44)62-56(69)72-41-47-27-15-5-16-28-47)36-33-60-54(67)51(39-45-23-11-3-12-24-45)63-57(70)73-42-48-29-17-6-18-30-48/h1-30,49-51H,31-42H2,(H,58,65)(H,59,66)(H,60,67)(H,61,68)(H,62,69)(H,63,70). The minimum atomic E-state index is -0.973. The molecule has 0 saturated heterocycles. The predicted octanol–water partition coefficient (Wildman–Crippen LogP) is 6.25. The molecule has 73 heavy (non-hydrogen) atoms. The molecule has 0 aliphatic rings. The summed E-state index contributed by atoms with van der Waals surface area (Å²) in [5, 5.41) is 17.0. The van der Waals surface area contributed by atoms with Gasteiger partial charge in [0, 0.05) is 58.5 Å². The zero-order chi connectivity index (χ0) is 51.3. The number of carbonyl (C=O) groups excluding carboxylic acids is 6. The fourth-order valence-corrected chi connectivity index (χ4v) is 7.61. The smallest absolute Gasteiger partial charge is 0.408 e. The van der Waals surface area contributed by atoms with Gasteiger partial charge in [-0.2, -0.15) is 0 Å². The molecule has 0 saturated carbocycles. The first-order valence-corrected chi connectivity index (χ1v) is 24.3. The van der Waals surface area contributed by atoms with Crippen LogP contribution in [0.5, 0.6) is 0 Å². The monoisotopic (exact) mass is 989 g/mol. The number of ether oxygens (including phenoxy) is 3. The van der Waals surface area contributed by atoms with Gasteiger partial charge < -0.3 is 46.1 Å². The molecule has 6 aromatic carbocycles. The number of benzene rings is 6. The van der Waals surface area contributed by atoms with E-state index in [0.29, 0.717) is 0 Å². The average Bonchev–Trinajstić information content (AvgIpc) is 3.42. The zero-order valence-corrected chi connectivity index (χ0v) is 40.7. The predicted molar refractivity (Wildman–Crippen MR) is 277 cm³/mol. The molecule has 6 amide bonds. The lowest BCUT2D eigenvalue weighted by Gasteiger charge is -2.25. The number of carbonyl (C=O) groups is 6. The van der Waals surface area contributed by atoms with E-state index >= 15 is 0 Å². The van der Waals surface area contributed by atoms with Crippen molar-refractivity contribution >= 4 is 36.0 Å². The van der Waals surface area contributed by atoms with E-state index in [-0.39, 0.29) is 78.4 Å². The normalized spacial score (nSPS) is 12.0. The number of rotatable bonds is 27.